The van der Waals surface area contributed by atoms with Crippen LogP contribution in [0.3, 0.4) is 0 Å². The van der Waals surface area contributed by atoms with Gasteiger partial charge in [-0.2, -0.15) is 0 Å². The smallest absolute Gasteiger partial charge is 0.407 e. The lowest BCUT2D eigenvalue weighted by Crippen LogP contribution is -2.26. The van der Waals surface area contributed by atoms with E-state index in [1.165, 1.54) is 22.3 Å². The molecule has 2 aromatic carbocycles. The standard InChI is InChI=1S/C30H25N7O2/c31-16-28-32-14-12-26(36-28)24-10-5-11-25(35-24)27-13-15-33-29(37-27)17-34-30(38)39-18-23-21-8-3-1-6-19(21)20-7-2-4-9-22(20)23/h1-15,23H,16-18,31H2,(H,34,38). The molecular formula is C30H25N7O2. The monoisotopic (exact) mass is 515 g/mol. The summed E-state index contributed by atoms with van der Waals surface area (Å²) in [5.74, 6) is 0.987. The second-order valence-corrected chi connectivity index (χ2v) is 9.01. The number of carbonyl (C=O) groups is 1. The van der Waals surface area contributed by atoms with E-state index in [0.717, 1.165) is 0 Å². The number of nitrogens with two attached hydrogens (primary N) is 1. The van der Waals surface area contributed by atoms with Gasteiger partial charge in [-0.05, 0) is 46.5 Å². The van der Waals surface area contributed by atoms with E-state index in [0.29, 0.717) is 34.4 Å². The van der Waals surface area contributed by atoms with Crippen molar-refractivity contribution in [2.75, 3.05) is 6.61 Å². The van der Waals surface area contributed by atoms with Gasteiger partial charge in [0.15, 0.2) is 0 Å². The number of nitrogens with one attached hydrogen (secondary N) is 1. The number of hydrogen-bond acceptors (Lipinski definition) is 8. The first kappa shape index (κ1) is 24.3. The van der Waals surface area contributed by atoms with Crippen LogP contribution < -0.4 is 11.1 Å². The van der Waals surface area contributed by atoms with Gasteiger partial charge in [-0.3, -0.25) is 0 Å². The van der Waals surface area contributed by atoms with Crippen molar-refractivity contribution < 1.29 is 9.53 Å². The van der Waals surface area contributed by atoms with Crippen molar-refractivity contribution in [3.8, 4) is 33.9 Å². The largest absolute Gasteiger partial charge is 0.449 e. The Morgan fingerprint density at radius 2 is 1.28 bits per heavy atom. The van der Waals surface area contributed by atoms with Crippen LogP contribution >= 0.6 is 0 Å². The number of nitrogens with zero attached hydrogens (tertiary/aromatic N) is 5. The Hall–Kier alpha value is -5.02. The first-order chi connectivity index (χ1) is 19.2. The van der Waals surface area contributed by atoms with E-state index >= 15 is 0 Å². The molecule has 0 aliphatic heterocycles. The highest BCUT2D eigenvalue weighted by Gasteiger charge is 2.29. The van der Waals surface area contributed by atoms with E-state index in [-0.39, 0.29) is 25.6 Å². The first-order valence-corrected chi connectivity index (χ1v) is 12.6. The Balaban J connectivity index is 1.11. The van der Waals surface area contributed by atoms with Crippen molar-refractivity contribution in [3.63, 3.8) is 0 Å². The maximum atomic E-state index is 12.6. The van der Waals surface area contributed by atoms with Gasteiger partial charge in [0.05, 0.1) is 35.9 Å². The average Bonchev–Trinajstić information content (AvgIpc) is 3.33. The van der Waals surface area contributed by atoms with Crippen molar-refractivity contribution in [1.29, 1.82) is 0 Å². The Morgan fingerprint density at radius 3 is 1.92 bits per heavy atom. The molecule has 3 heterocycles. The third-order valence-electron chi connectivity index (χ3n) is 6.60. The molecule has 0 spiro atoms. The quantitative estimate of drug-likeness (QED) is 0.324. The number of hydrogen-bond donors (Lipinski definition) is 2. The molecule has 192 valence electrons. The fourth-order valence-electron chi connectivity index (χ4n) is 4.79. The van der Waals surface area contributed by atoms with Crippen LogP contribution in [0.2, 0.25) is 0 Å². The van der Waals surface area contributed by atoms with Crippen LogP contribution in [-0.2, 0) is 17.8 Å². The second-order valence-electron chi connectivity index (χ2n) is 9.01. The summed E-state index contributed by atoms with van der Waals surface area (Å²) >= 11 is 0. The summed E-state index contributed by atoms with van der Waals surface area (Å²) in [6.07, 6.45) is 2.78. The first-order valence-electron chi connectivity index (χ1n) is 12.6. The molecule has 1 amide bonds. The van der Waals surface area contributed by atoms with E-state index < -0.39 is 6.09 Å². The molecule has 0 unspecified atom stereocenters. The zero-order chi connectivity index (χ0) is 26.6. The summed E-state index contributed by atoms with van der Waals surface area (Å²) < 4.78 is 5.62. The molecule has 39 heavy (non-hydrogen) atoms. The predicted molar refractivity (Wildman–Crippen MR) is 146 cm³/mol. The van der Waals surface area contributed by atoms with Crippen molar-refractivity contribution in [2.45, 2.75) is 19.0 Å². The minimum atomic E-state index is -0.523. The minimum Gasteiger partial charge on any atom is -0.449 e. The molecule has 1 aliphatic carbocycles. The molecule has 6 rings (SSSR count). The maximum absolute atomic E-state index is 12.6. The summed E-state index contributed by atoms with van der Waals surface area (Å²) in [5, 5.41) is 2.76. The normalized spacial score (nSPS) is 12.0. The Bertz CT molecular complexity index is 1610. The van der Waals surface area contributed by atoms with Gasteiger partial charge in [0.1, 0.15) is 18.3 Å². The average molecular weight is 516 g/mol. The van der Waals surface area contributed by atoms with E-state index in [1.54, 1.807) is 24.5 Å². The predicted octanol–water partition coefficient (Wildman–Crippen LogP) is 4.49. The van der Waals surface area contributed by atoms with Gasteiger partial charge in [0.25, 0.3) is 0 Å². The van der Waals surface area contributed by atoms with Crippen LogP contribution in [0.5, 0.6) is 0 Å². The van der Waals surface area contributed by atoms with Crippen molar-refractivity contribution in [2.24, 2.45) is 5.73 Å². The molecule has 0 saturated heterocycles. The minimum absolute atomic E-state index is 0.00287. The lowest BCUT2D eigenvalue weighted by Gasteiger charge is -2.14. The number of ether oxygens (including phenoxy) is 1. The SMILES string of the molecule is NCc1nccc(-c2cccc(-c3ccnc(CNC(=O)OCC4c5ccccc5-c5ccccc54)n3)n2)n1. The molecule has 0 saturated carbocycles. The van der Waals surface area contributed by atoms with Gasteiger partial charge in [-0.15, -0.1) is 0 Å². The second kappa shape index (κ2) is 10.8. The molecule has 3 N–H and O–H groups in total. The molecule has 0 radical (unpaired) electrons. The van der Waals surface area contributed by atoms with Gasteiger partial charge in [-0.25, -0.2) is 29.7 Å². The summed E-state index contributed by atoms with van der Waals surface area (Å²) in [4.78, 5) is 34.7. The summed E-state index contributed by atoms with van der Waals surface area (Å²) in [6.45, 7) is 0.613. The van der Waals surface area contributed by atoms with E-state index in [2.05, 4.69) is 49.5 Å². The number of rotatable bonds is 7. The lowest BCUT2D eigenvalue weighted by atomic mass is 9.98. The number of pyridine rings is 1. The van der Waals surface area contributed by atoms with Crippen LogP contribution in [0.1, 0.15) is 28.7 Å². The lowest BCUT2D eigenvalue weighted by molar-refractivity contribution is 0.142. The summed E-state index contributed by atoms with van der Waals surface area (Å²) in [7, 11) is 0. The third-order valence-corrected chi connectivity index (χ3v) is 6.60. The highest BCUT2D eigenvalue weighted by Crippen LogP contribution is 2.44. The molecule has 3 aromatic heterocycles. The van der Waals surface area contributed by atoms with Crippen LogP contribution in [0.15, 0.2) is 91.3 Å². The third kappa shape index (κ3) is 5.07. The Labute approximate surface area is 225 Å². The van der Waals surface area contributed by atoms with Gasteiger partial charge in [-0.1, -0.05) is 54.6 Å². The molecule has 0 bridgehead atoms. The van der Waals surface area contributed by atoms with Crippen LogP contribution in [0, 0.1) is 0 Å². The molecule has 9 nitrogen and oxygen atoms in total. The Morgan fingerprint density at radius 1 is 0.718 bits per heavy atom. The number of aromatic nitrogens is 5. The van der Waals surface area contributed by atoms with Gasteiger partial charge < -0.3 is 15.8 Å². The fourth-order valence-corrected chi connectivity index (χ4v) is 4.79. The van der Waals surface area contributed by atoms with E-state index in [1.807, 2.05) is 42.5 Å². The number of carbonyl (C=O) groups excluding carboxylic acids is 1. The van der Waals surface area contributed by atoms with E-state index in [4.69, 9.17) is 15.5 Å². The fraction of sp³-hybridized carbons (Fsp3) is 0.133. The van der Waals surface area contributed by atoms with Crippen LogP contribution in [-0.4, -0.2) is 37.6 Å². The summed E-state index contributed by atoms with van der Waals surface area (Å²) in [5.41, 5.74) is 13.0. The van der Waals surface area contributed by atoms with E-state index in [9.17, 15) is 4.79 Å². The number of fused-ring (bicyclic) bond motifs is 3. The zero-order valence-electron chi connectivity index (χ0n) is 21.0. The molecule has 9 heteroatoms. The summed E-state index contributed by atoms with van der Waals surface area (Å²) in [6, 6.07) is 25.6. The Kier molecular flexibility index (Phi) is 6.71. The maximum Gasteiger partial charge on any atom is 0.407 e. The number of benzene rings is 2. The molecule has 0 fully saturated rings. The van der Waals surface area contributed by atoms with Gasteiger partial charge in [0, 0.05) is 18.3 Å². The molecular weight excluding hydrogens is 490 g/mol. The number of amides is 1. The van der Waals surface area contributed by atoms with Gasteiger partial charge >= 0.3 is 6.09 Å². The molecule has 0 atom stereocenters. The molecule has 5 aromatic rings. The highest BCUT2D eigenvalue weighted by molar-refractivity contribution is 5.79. The number of alkyl carbamates (subject to hydrolysis) is 1. The topological polar surface area (TPSA) is 129 Å². The van der Waals surface area contributed by atoms with Gasteiger partial charge in [0.2, 0.25) is 0 Å². The molecule has 1 aliphatic rings. The van der Waals surface area contributed by atoms with Crippen molar-refractivity contribution >= 4 is 6.09 Å². The van der Waals surface area contributed by atoms with Crippen LogP contribution in [0.4, 0.5) is 4.79 Å². The van der Waals surface area contributed by atoms with Crippen molar-refractivity contribution in [1.82, 2.24) is 30.2 Å². The van der Waals surface area contributed by atoms with Crippen molar-refractivity contribution in [3.05, 3.63) is 114 Å². The van der Waals surface area contributed by atoms with Crippen LogP contribution in [0.25, 0.3) is 33.9 Å². The zero-order valence-corrected chi connectivity index (χ0v) is 21.0. The highest BCUT2D eigenvalue weighted by atomic mass is 16.5.